The molecule has 0 bridgehead atoms. The maximum absolute atomic E-state index is 12.1. The fraction of sp³-hybridized carbons (Fsp3) is 0.923. The standard InChI is InChI=1S/C13H27N3O.2ClH/c1-4-8-13(3,14)12(17)15-11-7-6-9-16(5-2)10-11;;/h11H,4-10,14H2,1-3H3,(H,15,17);2*1H. The van der Waals surface area contributed by atoms with Gasteiger partial charge in [0.25, 0.3) is 0 Å². The third kappa shape index (κ3) is 6.80. The molecule has 1 rings (SSSR count). The lowest BCUT2D eigenvalue weighted by atomic mass is 9.95. The van der Waals surface area contributed by atoms with Crippen LogP contribution in [0.15, 0.2) is 0 Å². The van der Waals surface area contributed by atoms with Crippen molar-refractivity contribution in [3.8, 4) is 0 Å². The van der Waals surface area contributed by atoms with Gasteiger partial charge in [-0.1, -0.05) is 20.3 Å². The molecule has 0 saturated carbocycles. The summed E-state index contributed by atoms with van der Waals surface area (Å²) >= 11 is 0. The van der Waals surface area contributed by atoms with E-state index in [1.807, 2.05) is 6.92 Å². The van der Waals surface area contributed by atoms with E-state index < -0.39 is 5.54 Å². The number of rotatable bonds is 5. The van der Waals surface area contributed by atoms with Crippen LogP contribution in [-0.4, -0.2) is 42.0 Å². The molecule has 2 atom stereocenters. The summed E-state index contributed by atoms with van der Waals surface area (Å²) in [4.78, 5) is 14.4. The second kappa shape index (κ2) is 9.81. The van der Waals surface area contributed by atoms with Gasteiger partial charge in [0.2, 0.25) is 5.91 Å². The number of carbonyl (C=O) groups is 1. The van der Waals surface area contributed by atoms with Crippen molar-refractivity contribution in [3.63, 3.8) is 0 Å². The van der Waals surface area contributed by atoms with E-state index in [9.17, 15) is 4.79 Å². The lowest BCUT2D eigenvalue weighted by molar-refractivity contribution is -0.127. The van der Waals surface area contributed by atoms with E-state index in [0.29, 0.717) is 0 Å². The highest BCUT2D eigenvalue weighted by molar-refractivity contribution is 5.86. The quantitative estimate of drug-likeness (QED) is 0.815. The molecule has 3 N–H and O–H groups in total. The lowest BCUT2D eigenvalue weighted by Crippen LogP contribution is -2.57. The minimum atomic E-state index is -0.719. The monoisotopic (exact) mass is 313 g/mol. The van der Waals surface area contributed by atoms with Crippen LogP contribution in [0.4, 0.5) is 0 Å². The maximum atomic E-state index is 12.1. The molecule has 19 heavy (non-hydrogen) atoms. The van der Waals surface area contributed by atoms with Gasteiger partial charge in [0.15, 0.2) is 0 Å². The summed E-state index contributed by atoms with van der Waals surface area (Å²) in [6.07, 6.45) is 3.91. The molecule has 2 unspecified atom stereocenters. The van der Waals surface area contributed by atoms with Crippen molar-refractivity contribution < 1.29 is 4.79 Å². The fourth-order valence-electron chi connectivity index (χ4n) is 2.44. The molecular weight excluding hydrogens is 285 g/mol. The Bertz CT molecular complexity index is 262. The Balaban J connectivity index is 0. The maximum Gasteiger partial charge on any atom is 0.240 e. The normalized spacial score (nSPS) is 22.6. The van der Waals surface area contributed by atoms with Crippen LogP contribution >= 0.6 is 24.8 Å². The number of likely N-dealkylation sites (N-methyl/N-ethyl adjacent to an activating group) is 1. The summed E-state index contributed by atoms with van der Waals surface area (Å²) in [6.45, 7) is 9.21. The second-order valence-electron chi connectivity index (χ2n) is 5.37. The van der Waals surface area contributed by atoms with Crippen LogP contribution in [0.1, 0.15) is 46.5 Å². The van der Waals surface area contributed by atoms with Gasteiger partial charge < -0.3 is 16.0 Å². The number of amides is 1. The Morgan fingerprint density at radius 3 is 2.58 bits per heavy atom. The number of nitrogens with zero attached hydrogens (tertiary/aromatic N) is 1. The summed E-state index contributed by atoms with van der Waals surface area (Å²) in [5.74, 6) is 0.00213. The van der Waals surface area contributed by atoms with Gasteiger partial charge >= 0.3 is 0 Å². The number of nitrogens with two attached hydrogens (primary N) is 1. The van der Waals surface area contributed by atoms with Crippen LogP contribution in [-0.2, 0) is 4.79 Å². The topological polar surface area (TPSA) is 58.4 Å². The van der Waals surface area contributed by atoms with Crippen molar-refractivity contribution in [1.29, 1.82) is 0 Å². The zero-order valence-electron chi connectivity index (χ0n) is 12.3. The number of piperidine rings is 1. The molecular formula is C13H29Cl2N3O. The second-order valence-corrected chi connectivity index (χ2v) is 5.37. The number of nitrogens with one attached hydrogen (secondary N) is 1. The molecule has 0 aromatic rings. The molecule has 1 amide bonds. The van der Waals surface area contributed by atoms with Crippen LogP contribution < -0.4 is 11.1 Å². The number of halogens is 2. The van der Waals surface area contributed by atoms with Crippen LogP contribution in [0, 0.1) is 0 Å². The smallest absolute Gasteiger partial charge is 0.240 e. The highest BCUT2D eigenvalue weighted by Gasteiger charge is 2.30. The van der Waals surface area contributed by atoms with Gasteiger partial charge in [0.1, 0.15) is 0 Å². The number of likely N-dealkylation sites (tertiary alicyclic amines) is 1. The average molecular weight is 314 g/mol. The molecule has 0 radical (unpaired) electrons. The van der Waals surface area contributed by atoms with Crippen LogP contribution in [0.25, 0.3) is 0 Å². The SMILES string of the molecule is CCCC(C)(N)C(=O)NC1CCCN(CC)C1.Cl.Cl. The molecule has 1 heterocycles. The first kappa shape index (κ1) is 21.3. The molecule has 1 aliphatic rings. The third-order valence-corrected chi connectivity index (χ3v) is 3.58. The van der Waals surface area contributed by atoms with Crippen LogP contribution in [0.3, 0.4) is 0 Å². The Morgan fingerprint density at radius 2 is 2.05 bits per heavy atom. The first-order chi connectivity index (χ1) is 7.99. The highest BCUT2D eigenvalue weighted by Crippen LogP contribution is 2.13. The van der Waals surface area contributed by atoms with Crippen molar-refractivity contribution >= 4 is 30.7 Å². The van der Waals surface area contributed by atoms with E-state index in [4.69, 9.17) is 5.73 Å². The number of carbonyl (C=O) groups excluding carboxylic acids is 1. The Hall–Kier alpha value is -0.0300. The summed E-state index contributed by atoms with van der Waals surface area (Å²) in [5.41, 5.74) is 5.31. The highest BCUT2D eigenvalue weighted by atomic mass is 35.5. The Kier molecular flexibility index (Phi) is 11.0. The molecule has 1 saturated heterocycles. The van der Waals surface area contributed by atoms with Crippen molar-refractivity contribution in [1.82, 2.24) is 10.2 Å². The zero-order chi connectivity index (χ0) is 12.9. The minimum absolute atomic E-state index is 0. The van der Waals surface area contributed by atoms with Crippen molar-refractivity contribution in [2.24, 2.45) is 5.73 Å². The predicted octanol–water partition coefficient (Wildman–Crippen LogP) is 1.95. The Morgan fingerprint density at radius 1 is 1.42 bits per heavy atom. The molecule has 0 aliphatic carbocycles. The van der Waals surface area contributed by atoms with Gasteiger partial charge in [-0.2, -0.15) is 0 Å². The van der Waals surface area contributed by atoms with Gasteiger partial charge in [0.05, 0.1) is 5.54 Å². The molecule has 1 fully saturated rings. The lowest BCUT2D eigenvalue weighted by Gasteiger charge is -2.34. The first-order valence-electron chi connectivity index (χ1n) is 6.81. The van der Waals surface area contributed by atoms with Crippen molar-refractivity contribution in [2.75, 3.05) is 19.6 Å². The van der Waals surface area contributed by atoms with E-state index in [1.165, 1.54) is 0 Å². The summed E-state index contributed by atoms with van der Waals surface area (Å²) in [7, 11) is 0. The third-order valence-electron chi connectivity index (χ3n) is 3.58. The summed E-state index contributed by atoms with van der Waals surface area (Å²) in [5, 5.41) is 3.10. The average Bonchev–Trinajstić information content (AvgIpc) is 2.29. The van der Waals surface area contributed by atoms with Gasteiger partial charge in [-0.15, -0.1) is 24.8 Å². The molecule has 1 aliphatic heterocycles. The minimum Gasteiger partial charge on any atom is -0.350 e. The zero-order valence-corrected chi connectivity index (χ0v) is 13.9. The molecule has 0 aromatic carbocycles. The van der Waals surface area contributed by atoms with Crippen LogP contribution in [0.2, 0.25) is 0 Å². The van der Waals surface area contributed by atoms with E-state index in [0.717, 1.165) is 45.3 Å². The van der Waals surface area contributed by atoms with E-state index in [1.54, 1.807) is 0 Å². The van der Waals surface area contributed by atoms with Crippen LogP contribution in [0.5, 0.6) is 0 Å². The van der Waals surface area contributed by atoms with Gasteiger partial charge in [-0.05, 0) is 39.3 Å². The number of hydrogen-bond acceptors (Lipinski definition) is 3. The largest absolute Gasteiger partial charge is 0.350 e. The molecule has 4 nitrogen and oxygen atoms in total. The Labute approximate surface area is 129 Å². The molecule has 0 spiro atoms. The fourth-order valence-corrected chi connectivity index (χ4v) is 2.44. The van der Waals surface area contributed by atoms with Gasteiger partial charge in [-0.3, -0.25) is 4.79 Å². The van der Waals surface area contributed by atoms with E-state index in [-0.39, 0.29) is 36.8 Å². The van der Waals surface area contributed by atoms with Crippen molar-refractivity contribution in [2.45, 2.75) is 58.0 Å². The predicted molar refractivity (Wildman–Crippen MR) is 85.3 cm³/mol. The van der Waals surface area contributed by atoms with Gasteiger partial charge in [0, 0.05) is 12.6 Å². The summed E-state index contributed by atoms with van der Waals surface area (Å²) in [6, 6.07) is 0.274. The number of hydrogen-bond donors (Lipinski definition) is 2. The van der Waals surface area contributed by atoms with Gasteiger partial charge in [-0.25, -0.2) is 0 Å². The molecule has 116 valence electrons. The molecule has 6 heteroatoms. The molecule has 0 aromatic heterocycles. The van der Waals surface area contributed by atoms with Crippen molar-refractivity contribution in [3.05, 3.63) is 0 Å². The van der Waals surface area contributed by atoms with E-state index in [2.05, 4.69) is 24.1 Å². The summed E-state index contributed by atoms with van der Waals surface area (Å²) < 4.78 is 0. The first-order valence-corrected chi connectivity index (χ1v) is 6.81. The van der Waals surface area contributed by atoms with E-state index >= 15 is 0 Å².